The summed E-state index contributed by atoms with van der Waals surface area (Å²) in [6.07, 6.45) is 3.10. The average Bonchev–Trinajstić information content (AvgIpc) is 2.17. The van der Waals surface area contributed by atoms with Gasteiger partial charge in [0.2, 0.25) is 0 Å². The fourth-order valence-electron chi connectivity index (χ4n) is 1.91. The standard InChI is InChI=1S/C9H21N3O2S/c1-2-5-11-7-9-4-3-6-12(8-9)15(10,13)14/h9,11H,2-8H2,1H3,(H2,10,13,14). The predicted molar refractivity (Wildman–Crippen MR) is 60.6 cm³/mol. The first kappa shape index (κ1) is 12.9. The molecule has 0 bridgehead atoms. The first-order valence-corrected chi connectivity index (χ1v) is 7.03. The normalized spacial score (nSPS) is 24.3. The highest BCUT2D eigenvalue weighted by atomic mass is 32.2. The maximum absolute atomic E-state index is 11.1. The SMILES string of the molecule is CCCNCC1CCCN(S(N)(=O)=O)C1. The van der Waals surface area contributed by atoms with E-state index < -0.39 is 10.2 Å². The molecule has 0 aliphatic carbocycles. The Labute approximate surface area is 92.2 Å². The lowest BCUT2D eigenvalue weighted by molar-refractivity contribution is 0.260. The molecule has 0 saturated carbocycles. The van der Waals surface area contributed by atoms with E-state index in [-0.39, 0.29) is 0 Å². The molecule has 1 aliphatic heterocycles. The third-order valence-corrected chi connectivity index (χ3v) is 3.75. The van der Waals surface area contributed by atoms with Gasteiger partial charge in [0.1, 0.15) is 0 Å². The van der Waals surface area contributed by atoms with Gasteiger partial charge in [0.15, 0.2) is 0 Å². The zero-order valence-corrected chi connectivity index (χ0v) is 10.1. The summed E-state index contributed by atoms with van der Waals surface area (Å²) >= 11 is 0. The second kappa shape index (κ2) is 5.79. The smallest absolute Gasteiger partial charge is 0.276 e. The summed E-state index contributed by atoms with van der Waals surface area (Å²) in [4.78, 5) is 0. The first-order valence-electron chi connectivity index (χ1n) is 5.52. The van der Waals surface area contributed by atoms with Gasteiger partial charge in [-0.1, -0.05) is 6.92 Å². The molecular weight excluding hydrogens is 214 g/mol. The molecule has 0 aromatic rings. The van der Waals surface area contributed by atoms with Gasteiger partial charge in [-0.25, -0.2) is 5.14 Å². The van der Waals surface area contributed by atoms with Gasteiger partial charge in [0.05, 0.1) is 0 Å². The Balaban J connectivity index is 2.36. The molecule has 1 saturated heterocycles. The maximum Gasteiger partial charge on any atom is 0.276 e. The van der Waals surface area contributed by atoms with Gasteiger partial charge in [-0.05, 0) is 38.3 Å². The van der Waals surface area contributed by atoms with Crippen LogP contribution in [-0.4, -0.2) is 38.9 Å². The summed E-state index contributed by atoms with van der Waals surface area (Å²) in [5, 5.41) is 8.42. The Hall–Kier alpha value is -0.170. The highest BCUT2D eigenvalue weighted by molar-refractivity contribution is 7.86. The minimum atomic E-state index is -3.48. The lowest BCUT2D eigenvalue weighted by Crippen LogP contribution is -2.45. The van der Waals surface area contributed by atoms with Crippen LogP contribution in [0.25, 0.3) is 0 Å². The van der Waals surface area contributed by atoms with Gasteiger partial charge in [-0.2, -0.15) is 12.7 Å². The van der Waals surface area contributed by atoms with E-state index in [0.717, 1.165) is 32.4 Å². The van der Waals surface area contributed by atoms with Crippen LogP contribution in [0.4, 0.5) is 0 Å². The van der Waals surface area contributed by atoms with Gasteiger partial charge >= 0.3 is 0 Å². The molecular formula is C9H21N3O2S. The van der Waals surface area contributed by atoms with Crippen molar-refractivity contribution in [3.63, 3.8) is 0 Å². The van der Waals surface area contributed by atoms with E-state index >= 15 is 0 Å². The van der Waals surface area contributed by atoms with Crippen molar-refractivity contribution < 1.29 is 8.42 Å². The summed E-state index contributed by atoms with van der Waals surface area (Å²) in [5.74, 6) is 0.406. The lowest BCUT2D eigenvalue weighted by atomic mass is 10.00. The van der Waals surface area contributed by atoms with Crippen LogP contribution in [-0.2, 0) is 10.2 Å². The molecule has 1 rings (SSSR count). The molecule has 0 spiro atoms. The Kier molecular flexibility index (Phi) is 4.98. The minimum Gasteiger partial charge on any atom is -0.316 e. The predicted octanol–water partition coefficient (Wildman–Crippen LogP) is -0.0985. The molecule has 5 nitrogen and oxygen atoms in total. The van der Waals surface area contributed by atoms with E-state index in [2.05, 4.69) is 12.2 Å². The molecule has 6 heteroatoms. The number of hydrogen-bond acceptors (Lipinski definition) is 3. The number of piperidine rings is 1. The fraction of sp³-hybridized carbons (Fsp3) is 1.00. The third kappa shape index (κ3) is 4.46. The van der Waals surface area contributed by atoms with Crippen molar-refractivity contribution in [3.05, 3.63) is 0 Å². The average molecular weight is 235 g/mol. The van der Waals surface area contributed by atoms with Crippen molar-refractivity contribution >= 4 is 10.2 Å². The molecule has 1 aliphatic rings. The second-order valence-electron chi connectivity index (χ2n) is 4.12. The van der Waals surface area contributed by atoms with Crippen LogP contribution in [0.2, 0.25) is 0 Å². The molecule has 15 heavy (non-hydrogen) atoms. The van der Waals surface area contributed by atoms with Crippen molar-refractivity contribution in [3.8, 4) is 0 Å². The molecule has 0 amide bonds. The number of nitrogens with zero attached hydrogens (tertiary/aromatic N) is 1. The number of nitrogens with two attached hydrogens (primary N) is 1. The zero-order valence-electron chi connectivity index (χ0n) is 9.28. The van der Waals surface area contributed by atoms with Crippen LogP contribution in [0.3, 0.4) is 0 Å². The molecule has 1 unspecified atom stereocenters. The zero-order chi connectivity index (χ0) is 11.3. The minimum absolute atomic E-state index is 0.406. The molecule has 90 valence electrons. The van der Waals surface area contributed by atoms with Crippen molar-refractivity contribution in [1.29, 1.82) is 0 Å². The molecule has 1 heterocycles. The van der Waals surface area contributed by atoms with Crippen LogP contribution in [0, 0.1) is 5.92 Å². The van der Waals surface area contributed by atoms with Gasteiger partial charge in [0, 0.05) is 13.1 Å². The van der Waals surface area contributed by atoms with Crippen LogP contribution >= 0.6 is 0 Å². The van der Waals surface area contributed by atoms with Crippen molar-refractivity contribution in [2.24, 2.45) is 11.1 Å². The third-order valence-electron chi connectivity index (χ3n) is 2.70. The monoisotopic (exact) mass is 235 g/mol. The quantitative estimate of drug-likeness (QED) is 0.654. The summed E-state index contributed by atoms with van der Waals surface area (Å²) in [6.45, 7) is 5.13. The van der Waals surface area contributed by atoms with Gasteiger partial charge in [-0.3, -0.25) is 0 Å². The van der Waals surface area contributed by atoms with Gasteiger partial charge < -0.3 is 5.32 Å². The van der Waals surface area contributed by atoms with Crippen LogP contribution < -0.4 is 10.5 Å². The Bertz CT molecular complexity index is 279. The van der Waals surface area contributed by atoms with E-state index in [1.165, 1.54) is 4.31 Å². The first-order chi connectivity index (χ1) is 7.04. The van der Waals surface area contributed by atoms with E-state index in [9.17, 15) is 8.42 Å². The summed E-state index contributed by atoms with van der Waals surface area (Å²) < 4.78 is 23.7. The summed E-state index contributed by atoms with van der Waals surface area (Å²) in [6, 6.07) is 0. The van der Waals surface area contributed by atoms with Crippen molar-refractivity contribution in [2.45, 2.75) is 26.2 Å². The highest BCUT2D eigenvalue weighted by Crippen LogP contribution is 2.16. The summed E-state index contributed by atoms with van der Waals surface area (Å²) in [5.41, 5.74) is 0. The van der Waals surface area contributed by atoms with Crippen molar-refractivity contribution in [2.75, 3.05) is 26.2 Å². The Morgan fingerprint density at radius 2 is 2.27 bits per heavy atom. The molecule has 3 N–H and O–H groups in total. The Morgan fingerprint density at radius 3 is 2.87 bits per heavy atom. The van der Waals surface area contributed by atoms with E-state index in [4.69, 9.17) is 5.14 Å². The van der Waals surface area contributed by atoms with E-state index in [0.29, 0.717) is 19.0 Å². The number of hydrogen-bond donors (Lipinski definition) is 2. The van der Waals surface area contributed by atoms with Crippen LogP contribution in [0.15, 0.2) is 0 Å². The van der Waals surface area contributed by atoms with Gasteiger partial charge in [0.25, 0.3) is 10.2 Å². The topological polar surface area (TPSA) is 75.4 Å². The molecule has 1 atom stereocenters. The van der Waals surface area contributed by atoms with E-state index in [1.807, 2.05) is 0 Å². The van der Waals surface area contributed by atoms with Crippen LogP contribution in [0.5, 0.6) is 0 Å². The number of nitrogens with one attached hydrogen (secondary N) is 1. The molecule has 0 aromatic carbocycles. The van der Waals surface area contributed by atoms with Gasteiger partial charge in [-0.15, -0.1) is 0 Å². The van der Waals surface area contributed by atoms with Crippen LogP contribution in [0.1, 0.15) is 26.2 Å². The number of rotatable bonds is 5. The largest absolute Gasteiger partial charge is 0.316 e. The second-order valence-corrected chi connectivity index (χ2v) is 5.66. The maximum atomic E-state index is 11.1. The molecule has 0 aromatic heterocycles. The Morgan fingerprint density at radius 1 is 1.53 bits per heavy atom. The molecule has 0 radical (unpaired) electrons. The molecule has 1 fully saturated rings. The lowest BCUT2D eigenvalue weighted by Gasteiger charge is -2.30. The van der Waals surface area contributed by atoms with Crippen molar-refractivity contribution in [1.82, 2.24) is 9.62 Å². The van der Waals surface area contributed by atoms with E-state index in [1.54, 1.807) is 0 Å². The fourth-order valence-corrected chi connectivity index (χ4v) is 2.71. The highest BCUT2D eigenvalue weighted by Gasteiger charge is 2.25. The summed E-state index contributed by atoms with van der Waals surface area (Å²) in [7, 11) is -3.48.